The first kappa shape index (κ1) is 21.4. The topological polar surface area (TPSA) is 99.5 Å². The number of rotatable bonds is 9. The summed E-state index contributed by atoms with van der Waals surface area (Å²) in [4.78, 5) is 12.2. The Morgan fingerprint density at radius 1 is 1.07 bits per heavy atom. The van der Waals surface area contributed by atoms with Gasteiger partial charge in [-0.2, -0.15) is 9.57 Å². The minimum absolute atomic E-state index is 0.186. The van der Waals surface area contributed by atoms with Crippen molar-refractivity contribution in [1.29, 1.82) is 5.26 Å². The molecule has 1 N–H and O–H groups in total. The zero-order valence-corrected chi connectivity index (χ0v) is 16.7. The first-order valence-electron chi connectivity index (χ1n) is 8.89. The second kappa shape index (κ2) is 9.88. The molecule has 0 saturated heterocycles. The third kappa shape index (κ3) is 5.55. The van der Waals surface area contributed by atoms with Crippen LogP contribution in [0.4, 0.5) is 5.69 Å². The van der Waals surface area contributed by atoms with Crippen molar-refractivity contribution in [2.24, 2.45) is 0 Å². The van der Waals surface area contributed by atoms with Crippen LogP contribution < -0.4 is 10.1 Å². The first-order chi connectivity index (χ1) is 13.4. The molecule has 7 nitrogen and oxygen atoms in total. The Kier molecular flexibility index (Phi) is 7.55. The number of hydrogen-bond donors (Lipinski definition) is 1. The number of nitrogens with zero attached hydrogens (tertiary/aromatic N) is 2. The second-order valence-corrected chi connectivity index (χ2v) is 7.87. The summed E-state index contributed by atoms with van der Waals surface area (Å²) in [5.41, 5.74) is 1.48. The lowest BCUT2D eigenvalue weighted by molar-refractivity contribution is -0.118. The van der Waals surface area contributed by atoms with Gasteiger partial charge in [0.05, 0.1) is 17.4 Å². The van der Waals surface area contributed by atoms with Gasteiger partial charge in [-0.3, -0.25) is 4.79 Å². The number of nitriles is 1. The van der Waals surface area contributed by atoms with Gasteiger partial charge in [0, 0.05) is 18.8 Å². The molecule has 0 aliphatic rings. The van der Waals surface area contributed by atoms with Gasteiger partial charge in [0.2, 0.25) is 10.0 Å². The summed E-state index contributed by atoms with van der Waals surface area (Å²) in [5, 5.41) is 11.4. The Morgan fingerprint density at radius 2 is 1.68 bits per heavy atom. The molecule has 0 bridgehead atoms. The van der Waals surface area contributed by atoms with Crippen LogP contribution >= 0.6 is 0 Å². The number of carbonyl (C=O) groups is 1. The Labute approximate surface area is 165 Å². The van der Waals surface area contributed by atoms with Crippen LogP contribution in [-0.2, 0) is 21.2 Å². The van der Waals surface area contributed by atoms with Crippen LogP contribution in [0.1, 0.15) is 19.4 Å². The Bertz CT molecular complexity index is 929. The van der Waals surface area contributed by atoms with E-state index >= 15 is 0 Å². The summed E-state index contributed by atoms with van der Waals surface area (Å²) < 4.78 is 31.7. The maximum Gasteiger partial charge on any atom is 0.262 e. The van der Waals surface area contributed by atoms with E-state index < -0.39 is 10.0 Å². The highest BCUT2D eigenvalue weighted by Gasteiger charge is 2.21. The van der Waals surface area contributed by atoms with E-state index in [-0.39, 0.29) is 17.4 Å². The molecule has 0 saturated carbocycles. The van der Waals surface area contributed by atoms with Crippen LogP contribution in [0.2, 0.25) is 0 Å². The van der Waals surface area contributed by atoms with Crippen molar-refractivity contribution in [3.8, 4) is 11.8 Å². The molecule has 2 rings (SSSR count). The average molecular weight is 401 g/mol. The summed E-state index contributed by atoms with van der Waals surface area (Å²) in [7, 11) is -3.52. The molecule has 0 spiro atoms. The lowest BCUT2D eigenvalue weighted by Gasteiger charge is -2.18. The van der Waals surface area contributed by atoms with E-state index in [0.717, 1.165) is 5.56 Å². The van der Waals surface area contributed by atoms with Gasteiger partial charge in [0.15, 0.2) is 6.61 Å². The summed E-state index contributed by atoms with van der Waals surface area (Å²) in [6.07, 6.45) is 0.317. The number of anilines is 1. The molecule has 0 unspecified atom stereocenters. The molecular weight excluding hydrogens is 378 g/mol. The van der Waals surface area contributed by atoms with Gasteiger partial charge in [0.25, 0.3) is 5.91 Å². The largest absolute Gasteiger partial charge is 0.484 e. The molecule has 148 valence electrons. The first-order valence-corrected chi connectivity index (χ1v) is 10.3. The monoisotopic (exact) mass is 401 g/mol. The number of amides is 1. The maximum absolute atomic E-state index is 12.4. The van der Waals surface area contributed by atoms with E-state index in [1.807, 2.05) is 0 Å². The number of carbonyl (C=O) groups excluding carboxylic acids is 1. The molecule has 0 fully saturated rings. The smallest absolute Gasteiger partial charge is 0.262 e. The van der Waals surface area contributed by atoms with E-state index in [2.05, 4.69) is 11.4 Å². The molecule has 0 aliphatic heterocycles. The number of benzene rings is 2. The van der Waals surface area contributed by atoms with Gasteiger partial charge < -0.3 is 10.1 Å². The summed E-state index contributed by atoms with van der Waals surface area (Å²) in [6.45, 7) is 4.16. The maximum atomic E-state index is 12.4. The normalized spacial score (nSPS) is 11.1. The van der Waals surface area contributed by atoms with Crippen molar-refractivity contribution in [3.63, 3.8) is 0 Å². The van der Waals surface area contributed by atoms with Crippen molar-refractivity contribution in [2.75, 3.05) is 25.0 Å². The van der Waals surface area contributed by atoms with Gasteiger partial charge >= 0.3 is 0 Å². The zero-order chi connectivity index (χ0) is 20.6. The van der Waals surface area contributed by atoms with Crippen LogP contribution in [0.5, 0.6) is 5.75 Å². The molecule has 0 atom stereocenters. The highest BCUT2D eigenvalue weighted by molar-refractivity contribution is 7.89. The van der Waals surface area contributed by atoms with Crippen molar-refractivity contribution in [3.05, 3.63) is 54.1 Å². The summed E-state index contributed by atoms with van der Waals surface area (Å²) in [5.74, 6) is 0.0610. The molecule has 0 aromatic heterocycles. The number of ether oxygens (including phenoxy) is 1. The second-order valence-electron chi connectivity index (χ2n) is 5.93. The number of sulfonamides is 1. The highest BCUT2D eigenvalue weighted by Crippen LogP contribution is 2.19. The predicted molar refractivity (Wildman–Crippen MR) is 106 cm³/mol. The molecule has 0 radical (unpaired) electrons. The third-order valence-electron chi connectivity index (χ3n) is 4.06. The summed E-state index contributed by atoms with van der Waals surface area (Å²) in [6, 6.07) is 15.0. The van der Waals surface area contributed by atoms with E-state index in [1.54, 1.807) is 38.1 Å². The van der Waals surface area contributed by atoms with Gasteiger partial charge in [0.1, 0.15) is 5.75 Å². The molecule has 2 aromatic carbocycles. The molecular formula is C20H23N3O4S. The molecule has 2 aromatic rings. The van der Waals surface area contributed by atoms with Crippen molar-refractivity contribution in [1.82, 2.24) is 4.31 Å². The van der Waals surface area contributed by atoms with E-state index in [0.29, 0.717) is 30.9 Å². The Hall–Kier alpha value is -2.89. The zero-order valence-electron chi connectivity index (χ0n) is 15.9. The molecule has 0 heterocycles. The quantitative estimate of drug-likeness (QED) is 0.696. The lowest BCUT2D eigenvalue weighted by Crippen LogP contribution is -2.30. The highest BCUT2D eigenvalue weighted by atomic mass is 32.2. The van der Waals surface area contributed by atoms with E-state index in [1.165, 1.54) is 28.6 Å². The lowest BCUT2D eigenvalue weighted by atomic mass is 10.1. The van der Waals surface area contributed by atoms with E-state index in [9.17, 15) is 13.2 Å². The van der Waals surface area contributed by atoms with Crippen LogP contribution in [0.15, 0.2) is 53.4 Å². The van der Waals surface area contributed by atoms with Crippen molar-refractivity contribution < 1.29 is 17.9 Å². The fraction of sp³-hybridized carbons (Fsp3) is 0.300. The van der Waals surface area contributed by atoms with Crippen molar-refractivity contribution in [2.45, 2.75) is 25.2 Å². The SMILES string of the molecule is CCN(CC)S(=O)(=O)c1ccc(OCC(=O)Nc2ccc(CC#N)cc2)cc1. The van der Waals surface area contributed by atoms with Gasteiger partial charge in [-0.1, -0.05) is 26.0 Å². The predicted octanol–water partition coefficient (Wildman–Crippen LogP) is 2.80. The average Bonchev–Trinajstić information content (AvgIpc) is 2.69. The van der Waals surface area contributed by atoms with Crippen molar-refractivity contribution >= 4 is 21.6 Å². The van der Waals surface area contributed by atoms with Crippen LogP contribution in [0.25, 0.3) is 0 Å². The third-order valence-corrected chi connectivity index (χ3v) is 6.12. The van der Waals surface area contributed by atoms with E-state index in [4.69, 9.17) is 10.00 Å². The minimum atomic E-state index is -3.52. The van der Waals surface area contributed by atoms with Gasteiger partial charge in [-0.25, -0.2) is 8.42 Å². The summed E-state index contributed by atoms with van der Waals surface area (Å²) >= 11 is 0. The standard InChI is InChI=1S/C20H23N3O4S/c1-3-23(4-2)28(25,26)19-11-9-18(10-12-19)27-15-20(24)22-17-7-5-16(6-8-17)13-14-21/h5-12H,3-4,13,15H2,1-2H3,(H,22,24). The van der Waals surface area contributed by atoms with Crippen LogP contribution in [-0.4, -0.2) is 38.3 Å². The minimum Gasteiger partial charge on any atom is -0.484 e. The molecule has 8 heteroatoms. The fourth-order valence-corrected chi connectivity index (χ4v) is 4.02. The molecule has 28 heavy (non-hydrogen) atoms. The van der Waals surface area contributed by atoms with Crippen LogP contribution in [0, 0.1) is 11.3 Å². The Morgan fingerprint density at radius 3 is 2.21 bits per heavy atom. The Balaban J connectivity index is 1.92. The van der Waals surface area contributed by atoms with Gasteiger partial charge in [-0.15, -0.1) is 0 Å². The van der Waals surface area contributed by atoms with Gasteiger partial charge in [-0.05, 0) is 42.0 Å². The van der Waals surface area contributed by atoms with Crippen LogP contribution in [0.3, 0.4) is 0 Å². The molecule has 1 amide bonds. The molecule has 0 aliphatic carbocycles. The number of hydrogen-bond acceptors (Lipinski definition) is 5. The number of nitrogens with one attached hydrogen (secondary N) is 1. The fourth-order valence-electron chi connectivity index (χ4n) is 2.56.